The van der Waals surface area contributed by atoms with Gasteiger partial charge in [-0.3, -0.25) is 14.9 Å². The third kappa shape index (κ3) is 3.26. The average Bonchev–Trinajstić information content (AvgIpc) is 2.90. The number of benzene rings is 1. The van der Waals surface area contributed by atoms with E-state index >= 15 is 0 Å². The molecule has 0 radical (unpaired) electrons. The third-order valence-corrected chi connectivity index (χ3v) is 2.96. The maximum atomic E-state index is 11.9. The molecule has 1 aromatic rings. The fourth-order valence-electron chi connectivity index (χ4n) is 1.58. The predicted octanol–water partition coefficient (Wildman–Crippen LogP) is 1.42. The number of anilines is 1. The summed E-state index contributed by atoms with van der Waals surface area (Å²) in [6.45, 7) is 0. The molecule has 0 saturated carbocycles. The number of carbonyl (C=O) groups excluding carboxylic acids is 1. The zero-order valence-electron chi connectivity index (χ0n) is 10.3. The fraction of sp³-hybridized carbons (Fsp3) is 0.182. The Morgan fingerprint density at radius 1 is 1.52 bits per heavy atom. The van der Waals surface area contributed by atoms with Crippen LogP contribution in [-0.4, -0.2) is 33.7 Å². The predicted molar refractivity (Wildman–Crippen MR) is 71.3 cm³/mol. The molecule has 2 N–H and O–H groups in total. The molecule has 1 aromatic carbocycles. The van der Waals surface area contributed by atoms with Gasteiger partial charge in [-0.1, -0.05) is 16.8 Å². The molecule has 1 atom stereocenters. The molecule has 9 nitrogen and oxygen atoms in total. The summed E-state index contributed by atoms with van der Waals surface area (Å²) in [6, 6.07) is 3.55. The minimum Gasteiger partial charge on any atom is -0.477 e. The van der Waals surface area contributed by atoms with Crippen LogP contribution in [0, 0.1) is 10.1 Å². The first-order valence-corrected chi connectivity index (χ1v) is 5.97. The second-order valence-electron chi connectivity index (χ2n) is 4.05. The van der Waals surface area contributed by atoms with E-state index in [2.05, 4.69) is 10.5 Å². The fourth-order valence-corrected chi connectivity index (χ4v) is 1.74. The first-order valence-electron chi connectivity index (χ1n) is 5.59. The highest BCUT2D eigenvalue weighted by Crippen LogP contribution is 2.27. The number of amides is 1. The van der Waals surface area contributed by atoms with E-state index in [4.69, 9.17) is 21.5 Å². The highest BCUT2D eigenvalue weighted by Gasteiger charge is 2.32. The maximum Gasteiger partial charge on any atom is 0.353 e. The van der Waals surface area contributed by atoms with Crippen LogP contribution in [0.4, 0.5) is 11.4 Å². The Morgan fingerprint density at radius 3 is 2.81 bits per heavy atom. The van der Waals surface area contributed by atoms with Crippen LogP contribution in [0.3, 0.4) is 0 Å². The Morgan fingerprint density at radius 2 is 2.24 bits per heavy atom. The number of nitrogens with zero attached hydrogens (tertiary/aromatic N) is 2. The van der Waals surface area contributed by atoms with Crippen LogP contribution in [0.25, 0.3) is 0 Å². The number of carboxylic acid groups (broad SMARTS) is 1. The smallest absolute Gasteiger partial charge is 0.353 e. The van der Waals surface area contributed by atoms with E-state index in [9.17, 15) is 19.7 Å². The Bertz CT molecular complexity index is 659. The van der Waals surface area contributed by atoms with Gasteiger partial charge in [-0.2, -0.15) is 0 Å². The molecule has 21 heavy (non-hydrogen) atoms. The standard InChI is InChI=1S/C11H8ClN3O6/c12-6-2-1-5(15(19)20)3-7(6)13-10(16)9-4-8(11(17)18)14-21-9/h1-3,9H,4H2,(H,13,16)(H,17,18). The van der Waals surface area contributed by atoms with Crippen molar-refractivity contribution in [3.05, 3.63) is 33.3 Å². The number of oxime groups is 1. The minimum atomic E-state index is -1.28. The molecule has 10 heteroatoms. The van der Waals surface area contributed by atoms with Crippen molar-refractivity contribution in [2.75, 3.05) is 5.32 Å². The van der Waals surface area contributed by atoms with Crippen molar-refractivity contribution in [1.82, 2.24) is 0 Å². The molecule has 2 rings (SSSR count). The number of hydrogen-bond acceptors (Lipinski definition) is 6. The monoisotopic (exact) mass is 313 g/mol. The Labute approximate surface area is 122 Å². The zero-order valence-corrected chi connectivity index (χ0v) is 11.0. The molecule has 1 unspecified atom stereocenters. The summed E-state index contributed by atoms with van der Waals surface area (Å²) < 4.78 is 0. The second kappa shape index (κ2) is 5.75. The number of halogens is 1. The van der Waals surface area contributed by atoms with E-state index in [0.29, 0.717) is 0 Å². The lowest BCUT2D eigenvalue weighted by molar-refractivity contribution is -0.384. The van der Waals surface area contributed by atoms with E-state index in [1.807, 2.05) is 0 Å². The van der Waals surface area contributed by atoms with Gasteiger partial charge in [0.15, 0.2) is 5.71 Å². The third-order valence-electron chi connectivity index (χ3n) is 2.63. The van der Waals surface area contributed by atoms with Crippen molar-refractivity contribution in [2.45, 2.75) is 12.5 Å². The Hall–Kier alpha value is -2.68. The van der Waals surface area contributed by atoms with Crippen molar-refractivity contribution in [3.8, 4) is 0 Å². The number of nitro benzene ring substituents is 1. The summed E-state index contributed by atoms with van der Waals surface area (Å²) in [4.78, 5) is 37.3. The van der Waals surface area contributed by atoms with Gasteiger partial charge >= 0.3 is 5.97 Å². The van der Waals surface area contributed by atoms with Crippen molar-refractivity contribution in [1.29, 1.82) is 0 Å². The summed E-state index contributed by atoms with van der Waals surface area (Å²) in [7, 11) is 0. The Balaban J connectivity index is 2.09. The van der Waals surface area contributed by atoms with Crippen LogP contribution in [0.1, 0.15) is 6.42 Å². The number of non-ortho nitro benzene ring substituents is 1. The van der Waals surface area contributed by atoms with Gasteiger partial charge in [-0.05, 0) is 6.07 Å². The molecule has 0 aliphatic carbocycles. The van der Waals surface area contributed by atoms with Crippen LogP contribution < -0.4 is 5.32 Å². The Kier molecular flexibility index (Phi) is 4.03. The van der Waals surface area contributed by atoms with Crippen molar-refractivity contribution >= 4 is 40.6 Å². The van der Waals surface area contributed by atoms with Crippen LogP contribution in [-0.2, 0) is 14.4 Å². The average molecular weight is 314 g/mol. The lowest BCUT2D eigenvalue weighted by atomic mass is 10.1. The summed E-state index contributed by atoms with van der Waals surface area (Å²) in [5, 5.41) is 25.1. The molecule has 1 amide bonds. The van der Waals surface area contributed by atoms with Gasteiger partial charge in [-0.15, -0.1) is 0 Å². The normalized spacial score (nSPS) is 16.8. The minimum absolute atomic E-state index is 0.0308. The molecule has 0 saturated heterocycles. The zero-order chi connectivity index (χ0) is 15.6. The van der Waals surface area contributed by atoms with Crippen LogP contribution >= 0.6 is 11.6 Å². The topological polar surface area (TPSA) is 131 Å². The molecule has 0 bridgehead atoms. The van der Waals surface area contributed by atoms with E-state index in [0.717, 1.165) is 6.07 Å². The van der Waals surface area contributed by atoms with E-state index in [1.54, 1.807) is 0 Å². The second-order valence-corrected chi connectivity index (χ2v) is 4.46. The molecule has 0 fully saturated rings. The molecular formula is C11H8ClN3O6. The summed E-state index contributed by atoms with van der Waals surface area (Å²) in [5.41, 5.74) is -0.493. The van der Waals surface area contributed by atoms with Gasteiger partial charge in [0.1, 0.15) is 0 Å². The first kappa shape index (κ1) is 14.7. The van der Waals surface area contributed by atoms with Crippen molar-refractivity contribution in [2.24, 2.45) is 5.16 Å². The number of hydrogen-bond donors (Lipinski definition) is 2. The number of nitrogens with one attached hydrogen (secondary N) is 1. The molecule has 1 aliphatic rings. The summed E-state index contributed by atoms with van der Waals surface area (Å²) in [5.74, 6) is -1.98. The summed E-state index contributed by atoms with van der Waals surface area (Å²) in [6.07, 6.45) is -1.32. The number of aliphatic carboxylic acids is 1. The number of carbonyl (C=O) groups is 2. The van der Waals surface area contributed by atoms with Crippen molar-refractivity contribution < 1.29 is 24.5 Å². The molecule has 110 valence electrons. The van der Waals surface area contributed by atoms with E-state index in [1.165, 1.54) is 12.1 Å². The van der Waals surface area contributed by atoms with Gasteiger partial charge in [0.25, 0.3) is 11.6 Å². The number of rotatable bonds is 4. The molecular weight excluding hydrogens is 306 g/mol. The first-order chi connectivity index (χ1) is 9.88. The van der Waals surface area contributed by atoms with E-state index < -0.39 is 22.9 Å². The lowest BCUT2D eigenvalue weighted by Gasteiger charge is -2.10. The van der Waals surface area contributed by atoms with Crippen LogP contribution in [0.2, 0.25) is 5.02 Å². The molecule has 0 spiro atoms. The van der Waals surface area contributed by atoms with Gasteiger partial charge < -0.3 is 15.3 Å². The highest BCUT2D eigenvalue weighted by molar-refractivity contribution is 6.36. The highest BCUT2D eigenvalue weighted by atomic mass is 35.5. The molecule has 0 aromatic heterocycles. The van der Waals surface area contributed by atoms with Gasteiger partial charge in [0.05, 0.1) is 15.6 Å². The van der Waals surface area contributed by atoms with Gasteiger partial charge in [-0.25, -0.2) is 4.79 Å². The van der Waals surface area contributed by atoms with Gasteiger partial charge in [0, 0.05) is 18.6 Å². The molecule has 1 heterocycles. The SMILES string of the molecule is O=C(O)C1=NOC(C(=O)Nc2cc([N+](=O)[O-])ccc2Cl)C1. The number of nitro groups is 1. The summed E-state index contributed by atoms with van der Waals surface area (Å²) >= 11 is 5.83. The molecule has 1 aliphatic heterocycles. The quantitative estimate of drug-likeness (QED) is 0.638. The van der Waals surface area contributed by atoms with Gasteiger partial charge in [0.2, 0.25) is 6.10 Å². The maximum absolute atomic E-state index is 11.9. The van der Waals surface area contributed by atoms with E-state index in [-0.39, 0.29) is 28.5 Å². The largest absolute Gasteiger partial charge is 0.477 e. The van der Waals surface area contributed by atoms with Crippen LogP contribution in [0.15, 0.2) is 23.4 Å². The van der Waals surface area contributed by atoms with Crippen molar-refractivity contribution in [3.63, 3.8) is 0 Å². The number of carboxylic acids is 1. The van der Waals surface area contributed by atoms with Crippen LogP contribution in [0.5, 0.6) is 0 Å². The lowest BCUT2D eigenvalue weighted by Crippen LogP contribution is -2.29.